The smallest absolute Gasteiger partial charge is 0.328 e. The molecule has 0 bridgehead atoms. The number of carboxylic acid groups (broad SMARTS) is 1. The zero-order chi connectivity index (χ0) is 35.5. The number of carbonyl (C=O) groups is 4. The summed E-state index contributed by atoms with van der Waals surface area (Å²) in [7, 11) is 0. The summed E-state index contributed by atoms with van der Waals surface area (Å²) in [6.07, 6.45) is 33.9. The summed E-state index contributed by atoms with van der Waals surface area (Å²) >= 11 is 0. The minimum Gasteiger partial charge on any atom is -0.480 e. The van der Waals surface area contributed by atoms with Gasteiger partial charge in [0.2, 0.25) is 11.8 Å². The maximum absolute atomic E-state index is 12.7. The van der Waals surface area contributed by atoms with Gasteiger partial charge in [-0.3, -0.25) is 14.4 Å². The van der Waals surface area contributed by atoms with Gasteiger partial charge in [0.25, 0.3) is 0 Å². The standard InChI is InChI=1S/C39H72N2O7/c1-3-5-7-9-11-13-14-15-17-19-21-27-31-38(45)48-34(28-24-20-18-16-12-10-8-6-4-2)29-25-22-23-26-30-36(43)40-32-37(44)41-35(33-42)39(46)47/h24,28,34-35,42H,3-23,25-27,29-33H2,1-2H3,(H,40,43)(H,41,44)(H,46,47)/b28-24-. The van der Waals surface area contributed by atoms with E-state index in [0.29, 0.717) is 12.8 Å². The summed E-state index contributed by atoms with van der Waals surface area (Å²) < 4.78 is 5.89. The number of aliphatic carboxylic acids is 1. The van der Waals surface area contributed by atoms with Crippen LogP contribution in [-0.4, -0.2) is 59.3 Å². The van der Waals surface area contributed by atoms with Crippen LogP contribution in [0.15, 0.2) is 12.2 Å². The molecule has 0 heterocycles. The highest BCUT2D eigenvalue weighted by Crippen LogP contribution is 2.16. The topological polar surface area (TPSA) is 142 Å². The van der Waals surface area contributed by atoms with Gasteiger partial charge >= 0.3 is 11.9 Å². The quantitative estimate of drug-likeness (QED) is 0.0298. The minimum absolute atomic E-state index is 0.109. The average Bonchev–Trinajstić information content (AvgIpc) is 3.07. The molecular weight excluding hydrogens is 608 g/mol. The van der Waals surface area contributed by atoms with Crippen LogP contribution in [0.3, 0.4) is 0 Å². The fraction of sp³-hybridized carbons (Fsp3) is 0.846. The van der Waals surface area contributed by atoms with Crippen LogP contribution in [0, 0.1) is 0 Å². The van der Waals surface area contributed by atoms with Crippen molar-refractivity contribution < 1.29 is 34.1 Å². The van der Waals surface area contributed by atoms with Crippen LogP contribution < -0.4 is 10.6 Å². The molecule has 0 saturated heterocycles. The molecule has 0 saturated carbocycles. The van der Waals surface area contributed by atoms with E-state index < -0.39 is 24.5 Å². The Hall–Kier alpha value is -2.42. The fourth-order valence-electron chi connectivity index (χ4n) is 5.68. The fourth-order valence-corrected chi connectivity index (χ4v) is 5.68. The van der Waals surface area contributed by atoms with Gasteiger partial charge in [0, 0.05) is 12.8 Å². The summed E-state index contributed by atoms with van der Waals surface area (Å²) in [6, 6.07) is -1.39. The Morgan fingerprint density at radius 2 is 1.10 bits per heavy atom. The third kappa shape index (κ3) is 30.9. The third-order valence-electron chi connectivity index (χ3n) is 8.75. The largest absolute Gasteiger partial charge is 0.480 e. The molecule has 280 valence electrons. The lowest BCUT2D eigenvalue weighted by Crippen LogP contribution is -2.47. The molecule has 9 heteroatoms. The number of unbranched alkanes of at least 4 members (excludes halogenated alkanes) is 21. The number of esters is 1. The Bertz CT molecular complexity index is 833. The molecule has 0 fully saturated rings. The molecule has 0 radical (unpaired) electrons. The second kappa shape index (κ2) is 34.4. The molecule has 2 unspecified atom stereocenters. The van der Waals surface area contributed by atoms with Gasteiger partial charge in [-0.25, -0.2) is 4.79 Å². The molecule has 4 N–H and O–H groups in total. The third-order valence-corrected chi connectivity index (χ3v) is 8.75. The van der Waals surface area contributed by atoms with Gasteiger partial charge in [0.05, 0.1) is 13.2 Å². The number of aliphatic hydroxyl groups excluding tert-OH is 1. The van der Waals surface area contributed by atoms with Crippen LogP contribution in [0.5, 0.6) is 0 Å². The van der Waals surface area contributed by atoms with Crippen molar-refractivity contribution in [2.45, 2.75) is 199 Å². The summed E-state index contributed by atoms with van der Waals surface area (Å²) in [5.74, 6) is -2.39. The monoisotopic (exact) mass is 681 g/mol. The molecule has 9 nitrogen and oxygen atoms in total. The molecule has 48 heavy (non-hydrogen) atoms. The van der Waals surface area contributed by atoms with Crippen molar-refractivity contribution in [3.63, 3.8) is 0 Å². The summed E-state index contributed by atoms with van der Waals surface area (Å²) in [6.45, 7) is 3.44. The Labute approximate surface area is 292 Å². The first-order chi connectivity index (χ1) is 23.3. The number of ether oxygens (including phenoxy) is 1. The van der Waals surface area contributed by atoms with Crippen molar-refractivity contribution in [3.8, 4) is 0 Å². The van der Waals surface area contributed by atoms with Gasteiger partial charge in [-0.2, -0.15) is 0 Å². The van der Waals surface area contributed by atoms with E-state index in [1.54, 1.807) is 0 Å². The highest BCUT2D eigenvalue weighted by atomic mass is 16.5. The number of carbonyl (C=O) groups excluding carboxylic acids is 3. The molecule has 0 aromatic carbocycles. The number of amides is 2. The van der Waals surface area contributed by atoms with Crippen LogP contribution in [0.2, 0.25) is 0 Å². The van der Waals surface area contributed by atoms with Crippen LogP contribution in [0.4, 0.5) is 0 Å². The van der Waals surface area contributed by atoms with Crippen molar-refractivity contribution in [2.75, 3.05) is 13.2 Å². The Kier molecular flexibility index (Phi) is 32.7. The zero-order valence-corrected chi connectivity index (χ0v) is 30.8. The minimum atomic E-state index is -1.39. The van der Waals surface area contributed by atoms with E-state index in [1.165, 1.54) is 103 Å². The molecule has 0 aliphatic carbocycles. The highest BCUT2D eigenvalue weighted by Gasteiger charge is 2.18. The van der Waals surface area contributed by atoms with Crippen LogP contribution in [0.25, 0.3) is 0 Å². The first-order valence-corrected chi connectivity index (χ1v) is 19.6. The number of carboxylic acids is 1. The van der Waals surface area contributed by atoms with Gasteiger partial charge in [-0.1, -0.05) is 142 Å². The van der Waals surface area contributed by atoms with E-state index >= 15 is 0 Å². The van der Waals surface area contributed by atoms with Crippen molar-refractivity contribution in [3.05, 3.63) is 12.2 Å². The summed E-state index contributed by atoms with van der Waals surface area (Å²) in [4.78, 5) is 47.4. The van der Waals surface area contributed by atoms with E-state index in [1.807, 2.05) is 0 Å². The molecule has 2 atom stereocenters. The average molecular weight is 681 g/mol. The van der Waals surface area contributed by atoms with Gasteiger partial charge in [0.15, 0.2) is 0 Å². The van der Waals surface area contributed by atoms with Crippen molar-refractivity contribution >= 4 is 23.8 Å². The Morgan fingerprint density at radius 1 is 0.625 bits per heavy atom. The van der Waals surface area contributed by atoms with Crippen LogP contribution in [0.1, 0.15) is 187 Å². The van der Waals surface area contributed by atoms with Crippen LogP contribution in [-0.2, 0) is 23.9 Å². The number of allylic oxidation sites excluding steroid dienone is 1. The highest BCUT2D eigenvalue weighted by molar-refractivity contribution is 5.87. The summed E-state index contributed by atoms with van der Waals surface area (Å²) in [5.41, 5.74) is 0. The second-order valence-corrected chi connectivity index (χ2v) is 13.4. The van der Waals surface area contributed by atoms with Crippen molar-refractivity contribution in [1.29, 1.82) is 0 Å². The van der Waals surface area contributed by atoms with Crippen molar-refractivity contribution in [2.24, 2.45) is 0 Å². The lowest BCUT2D eigenvalue weighted by molar-refractivity contribution is -0.147. The van der Waals surface area contributed by atoms with Gasteiger partial charge in [-0.05, 0) is 44.6 Å². The Morgan fingerprint density at radius 3 is 1.62 bits per heavy atom. The number of nitrogens with one attached hydrogen (secondary N) is 2. The van der Waals surface area contributed by atoms with E-state index in [2.05, 4.69) is 36.6 Å². The van der Waals surface area contributed by atoms with Gasteiger partial charge in [0.1, 0.15) is 12.1 Å². The van der Waals surface area contributed by atoms with E-state index in [0.717, 1.165) is 51.4 Å². The molecule has 2 amide bonds. The Balaban J connectivity index is 4.33. The number of hydrogen-bond donors (Lipinski definition) is 4. The van der Waals surface area contributed by atoms with E-state index in [9.17, 15) is 19.2 Å². The molecule has 0 aromatic heterocycles. The van der Waals surface area contributed by atoms with Gasteiger partial charge in [-0.15, -0.1) is 0 Å². The molecule has 0 aliphatic rings. The zero-order valence-electron chi connectivity index (χ0n) is 30.8. The molecular formula is C39H72N2O7. The van der Waals surface area contributed by atoms with E-state index in [-0.39, 0.29) is 30.9 Å². The first kappa shape index (κ1) is 45.6. The van der Waals surface area contributed by atoms with Crippen LogP contribution >= 0.6 is 0 Å². The molecule has 0 aromatic rings. The predicted octanol–water partition coefficient (Wildman–Crippen LogP) is 8.70. The molecule has 0 rings (SSSR count). The number of aliphatic hydroxyl groups is 1. The van der Waals surface area contributed by atoms with E-state index in [4.69, 9.17) is 14.9 Å². The predicted molar refractivity (Wildman–Crippen MR) is 195 cm³/mol. The SMILES string of the molecule is CCCCCCCCC/C=C\C(CCCCCCC(=O)NCC(=O)NC(CO)C(=O)O)OC(=O)CCCCCCCCCCCCCC. The molecule has 0 aliphatic heterocycles. The first-order valence-electron chi connectivity index (χ1n) is 19.6. The maximum atomic E-state index is 12.7. The number of hydrogen-bond acceptors (Lipinski definition) is 6. The van der Waals surface area contributed by atoms with Crippen molar-refractivity contribution in [1.82, 2.24) is 10.6 Å². The second-order valence-electron chi connectivity index (χ2n) is 13.4. The maximum Gasteiger partial charge on any atom is 0.328 e. The number of rotatable bonds is 35. The normalized spacial score (nSPS) is 12.6. The van der Waals surface area contributed by atoms with Gasteiger partial charge < -0.3 is 25.6 Å². The summed E-state index contributed by atoms with van der Waals surface area (Å²) in [5, 5.41) is 22.5. The lowest BCUT2D eigenvalue weighted by atomic mass is 10.0. The lowest BCUT2D eigenvalue weighted by Gasteiger charge is -2.15. The molecule has 0 spiro atoms.